The van der Waals surface area contributed by atoms with Crippen LogP contribution in [0, 0.1) is 10.1 Å². The Morgan fingerprint density at radius 1 is 0.857 bits per heavy atom. The highest BCUT2D eigenvalue weighted by Crippen LogP contribution is 2.42. The number of hydrogen-bond acceptors (Lipinski definition) is 7. The molecule has 0 saturated carbocycles. The van der Waals surface area contributed by atoms with Crippen LogP contribution >= 0.6 is 23.2 Å². The van der Waals surface area contributed by atoms with Crippen LogP contribution < -0.4 is 9.47 Å². The number of likely N-dealkylation sites (N-methyl/N-ethyl adjacent to an activating group) is 2. The standard InChI is InChI=1S/C25H32Cl2N4O4/c1-5-29(6-2)11-13-34-20-10-9-17-15-18-16-19(31(32)33)25(35-14-12-30(7-3)8-4)22(27)24(18)28-23(17)21(20)26/h9-10,15-16H,5-8,11-14H2,1-4H3. The van der Waals surface area contributed by atoms with Gasteiger partial charge in [0.05, 0.1) is 16.0 Å². The van der Waals surface area contributed by atoms with Crippen molar-refractivity contribution in [2.75, 3.05) is 52.5 Å². The van der Waals surface area contributed by atoms with Gasteiger partial charge in [0.25, 0.3) is 0 Å². The minimum atomic E-state index is -0.484. The lowest BCUT2D eigenvalue weighted by molar-refractivity contribution is -0.385. The van der Waals surface area contributed by atoms with E-state index in [4.69, 9.17) is 32.7 Å². The smallest absolute Gasteiger partial charge is 0.313 e. The second-order valence-electron chi connectivity index (χ2n) is 8.06. The molecule has 0 unspecified atom stereocenters. The molecule has 0 aliphatic rings. The quantitative estimate of drug-likeness (QED) is 0.153. The van der Waals surface area contributed by atoms with Crippen LogP contribution in [0.1, 0.15) is 27.7 Å². The first-order valence-corrected chi connectivity index (χ1v) is 12.7. The summed E-state index contributed by atoms with van der Waals surface area (Å²) in [5.74, 6) is 0.554. The molecule has 0 amide bonds. The summed E-state index contributed by atoms with van der Waals surface area (Å²) < 4.78 is 11.7. The number of rotatable bonds is 13. The average Bonchev–Trinajstić information content (AvgIpc) is 2.86. The van der Waals surface area contributed by atoms with Gasteiger partial charge in [-0.2, -0.15) is 0 Å². The van der Waals surface area contributed by atoms with Gasteiger partial charge in [0.15, 0.2) is 0 Å². The van der Waals surface area contributed by atoms with Crippen molar-refractivity contribution in [3.63, 3.8) is 0 Å². The van der Waals surface area contributed by atoms with Crippen molar-refractivity contribution in [3.8, 4) is 11.5 Å². The Morgan fingerprint density at radius 2 is 1.43 bits per heavy atom. The van der Waals surface area contributed by atoms with E-state index in [-0.39, 0.29) is 23.1 Å². The first-order chi connectivity index (χ1) is 16.8. The predicted molar refractivity (Wildman–Crippen MR) is 142 cm³/mol. The van der Waals surface area contributed by atoms with Crippen LogP contribution in [0.25, 0.3) is 21.8 Å². The Bertz CT molecular complexity index is 1180. The Labute approximate surface area is 215 Å². The Balaban J connectivity index is 1.98. The first-order valence-electron chi connectivity index (χ1n) is 11.9. The van der Waals surface area contributed by atoms with Gasteiger partial charge >= 0.3 is 5.69 Å². The molecule has 0 aliphatic carbocycles. The molecule has 1 aromatic heterocycles. The van der Waals surface area contributed by atoms with Crippen molar-refractivity contribution >= 4 is 50.7 Å². The van der Waals surface area contributed by atoms with Crippen molar-refractivity contribution in [3.05, 3.63) is 44.4 Å². The van der Waals surface area contributed by atoms with Crippen molar-refractivity contribution in [1.29, 1.82) is 0 Å². The lowest BCUT2D eigenvalue weighted by atomic mass is 10.1. The molecule has 1 heterocycles. The minimum absolute atomic E-state index is 0.0194. The normalized spacial score (nSPS) is 11.7. The number of fused-ring (bicyclic) bond motifs is 2. The molecule has 190 valence electrons. The first kappa shape index (κ1) is 27.2. The highest BCUT2D eigenvalue weighted by molar-refractivity contribution is 6.38. The van der Waals surface area contributed by atoms with Gasteiger partial charge in [-0.25, -0.2) is 4.98 Å². The lowest BCUT2D eigenvalue weighted by Crippen LogP contribution is -2.28. The van der Waals surface area contributed by atoms with Gasteiger partial charge in [0, 0.05) is 29.9 Å². The molecule has 0 N–H and O–H groups in total. The molecule has 0 atom stereocenters. The van der Waals surface area contributed by atoms with Crippen molar-refractivity contribution in [2.45, 2.75) is 27.7 Å². The number of nitro groups is 1. The molecule has 8 nitrogen and oxygen atoms in total. The van der Waals surface area contributed by atoms with Gasteiger partial charge in [-0.15, -0.1) is 0 Å². The molecule has 2 aromatic carbocycles. The largest absolute Gasteiger partial charge is 0.491 e. The highest BCUT2D eigenvalue weighted by Gasteiger charge is 2.24. The summed E-state index contributed by atoms with van der Waals surface area (Å²) in [5.41, 5.74) is 0.722. The zero-order valence-electron chi connectivity index (χ0n) is 20.6. The number of hydrogen-bond donors (Lipinski definition) is 0. The maximum Gasteiger partial charge on any atom is 0.313 e. The molecular weight excluding hydrogens is 491 g/mol. The summed E-state index contributed by atoms with van der Waals surface area (Å²) in [4.78, 5) is 20.4. The minimum Gasteiger partial charge on any atom is -0.491 e. The van der Waals surface area contributed by atoms with Gasteiger partial charge in [-0.05, 0) is 44.4 Å². The number of nitro benzene ring substituents is 1. The van der Waals surface area contributed by atoms with Crippen LogP contribution in [0.3, 0.4) is 0 Å². The zero-order chi connectivity index (χ0) is 25.5. The van der Waals surface area contributed by atoms with Crippen molar-refractivity contribution in [1.82, 2.24) is 14.8 Å². The molecule has 0 aliphatic heterocycles. The average molecular weight is 523 g/mol. The number of nitrogens with zero attached hydrogens (tertiary/aromatic N) is 4. The fourth-order valence-corrected chi connectivity index (χ4v) is 4.52. The third kappa shape index (κ3) is 6.25. The van der Waals surface area contributed by atoms with Crippen LogP contribution in [-0.4, -0.2) is 72.2 Å². The molecular formula is C25H32Cl2N4O4. The van der Waals surface area contributed by atoms with E-state index in [0.717, 1.165) is 38.1 Å². The summed E-state index contributed by atoms with van der Waals surface area (Å²) in [5, 5.41) is 13.5. The van der Waals surface area contributed by atoms with Gasteiger partial charge in [-0.1, -0.05) is 50.9 Å². The van der Waals surface area contributed by atoms with Crippen LogP contribution in [0.5, 0.6) is 11.5 Å². The number of aromatic nitrogens is 1. The monoisotopic (exact) mass is 522 g/mol. The van der Waals surface area contributed by atoms with E-state index in [1.165, 1.54) is 6.07 Å². The zero-order valence-corrected chi connectivity index (χ0v) is 22.2. The molecule has 0 spiro atoms. The lowest BCUT2D eigenvalue weighted by Gasteiger charge is -2.19. The van der Waals surface area contributed by atoms with E-state index in [9.17, 15) is 10.1 Å². The summed E-state index contributed by atoms with van der Waals surface area (Å²) in [6.07, 6.45) is 0. The van der Waals surface area contributed by atoms with Crippen molar-refractivity contribution in [2.24, 2.45) is 0 Å². The summed E-state index contributed by atoms with van der Waals surface area (Å²) in [7, 11) is 0. The number of ether oxygens (including phenoxy) is 2. The predicted octanol–water partition coefficient (Wildman–Crippen LogP) is 6.04. The summed E-state index contributed by atoms with van der Waals surface area (Å²) in [6, 6.07) is 6.88. The Morgan fingerprint density at radius 3 is 2.00 bits per heavy atom. The molecule has 3 rings (SSSR count). The molecule has 10 heteroatoms. The Hall–Kier alpha value is -2.39. The van der Waals surface area contributed by atoms with E-state index in [0.29, 0.717) is 40.3 Å². The molecule has 35 heavy (non-hydrogen) atoms. The van der Waals surface area contributed by atoms with E-state index >= 15 is 0 Å². The number of benzene rings is 2. The van der Waals surface area contributed by atoms with E-state index < -0.39 is 4.92 Å². The molecule has 3 aromatic rings. The molecule has 0 bridgehead atoms. The summed E-state index contributed by atoms with van der Waals surface area (Å²) >= 11 is 13.3. The molecule has 0 radical (unpaired) electrons. The fourth-order valence-electron chi connectivity index (χ4n) is 3.95. The second kappa shape index (κ2) is 12.5. The van der Waals surface area contributed by atoms with E-state index in [2.05, 4.69) is 42.5 Å². The van der Waals surface area contributed by atoms with Gasteiger partial charge in [-0.3, -0.25) is 10.1 Å². The Kier molecular flexibility index (Phi) is 9.74. The van der Waals surface area contributed by atoms with Crippen LogP contribution in [0.15, 0.2) is 24.3 Å². The SMILES string of the molecule is CCN(CC)CCOc1ccc2cc3cc([N+](=O)[O-])c(OCCN(CC)CC)c(Cl)c3nc2c1Cl. The number of pyridine rings is 1. The fraction of sp³-hybridized carbons (Fsp3) is 0.480. The number of halogens is 2. The van der Waals surface area contributed by atoms with Gasteiger partial charge in [0.2, 0.25) is 5.75 Å². The molecule has 0 fully saturated rings. The van der Waals surface area contributed by atoms with Crippen LogP contribution in [-0.2, 0) is 0 Å². The maximum atomic E-state index is 11.8. The highest BCUT2D eigenvalue weighted by atomic mass is 35.5. The maximum absolute atomic E-state index is 11.8. The van der Waals surface area contributed by atoms with Crippen LogP contribution in [0.2, 0.25) is 10.0 Å². The topological polar surface area (TPSA) is 81.0 Å². The van der Waals surface area contributed by atoms with Gasteiger partial charge in [0.1, 0.15) is 29.0 Å². The molecule has 0 saturated heterocycles. The van der Waals surface area contributed by atoms with Crippen molar-refractivity contribution < 1.29 is 14.4 Å². The summed E-state index contributed by atoms with van der Waals surface area (Å²) in [6.45, 7) is 14.1. The van der Waals surface area contributed by atoms with E-state index in [1.54, 1.807) is 12.1 Å². The third-order valence-electron chi connectivity index (χ3n) is 6.16. The second-order valence-corrected chi connectivity index (χ2v) is 8.81. The van der Waals surface area contributed by atoms with Gasteiger partial charge < -0.3 is 19.3 Å². The third-order valence-corrected chi connectivity index (χ3v) is 6.87. The van der Waals surface area contributed by atoms with E-state index in [1.807, 2.05) is 6.07 Å². The van der Waals surface area contributed by atoms with Crippen LogP contribution in [0.4, 0.5) is 5.69 Å².